The Hall–Kier alpha value is -2.89. The summed E-state index contributed by atoms with van der Waals surface area (Å²) in [6.07, 6.45) is 17.3. The predicted molar refractivity (Wildman–Crippen MR) is 150 cm³/mol. The summed E-state index contributed by atoms with van der Waals surface area (Å²) in [6.45, 7) is 6.79. The zero-order valence-electron chi connectivity index (χ0n) is 21.3. The molecular formula is C35H31Zr-. The van der Waals surface area contributed by atoms with Crippen LogP contribution in [-0.4, -0.2) is 3.21 Å². The van der Waals surface area contributed by atoms with Crippen LogP contribution >= 0.6 is 0 Å². The molecule has 0 bridgehead atoms. The summed E-state index contributed by atoms with van der Waals surface area (Å²) in [6, 6.07) is 27.8. The van der Waals surface area contributed by atoms with Crippen LogP contribution in [0.1, 0.15) is 43.4 Å². The van der Waals surface area contributed by atoms with E-state index in [-0.39, 0.29) is 5.41 Å². The fourth-order valence-electron chi connectivity index (χ4n) is 5.17. The molecule has 0 aromatic heterocycles. The molecule has 1 heteroatoms. The summed E-state index contributed by atoms with van der Waals surface area (Å²) in [4.78, 5) is 0. The molecule has 3 aromatic carbocycles. The first-order valence-corrected chi connectivity index (χ1v) is 14.0. The number of allylic oxidation sites excluding steroid dienone is 8. The first kappa shape index (κ1) is 24.8. The van der Waals surface area contributed by atoms with Crippen LogP contribution in [-0.2, 0) is 24.2 Å². The topological polar surface area (TPSA) is 0 Å². The van der Waals surface area contributed by atoms with Crippen molar-refractivity contribution in [2.24, 2.45) is 5.41 Å². The number of benzene rings is 3. The van der Waals surface area contributed by atoms with Crippen LogP contribution in [0.5, 0.6) is 0 Å². The number of hydrogen-bond acceptors (Lipinski definition) is 0. The summed E-state index contributed by atoms with van der Waals surface area (Å²) >= 11 is 1.46. The summed E-state index contributed by atoms with van der Waals surface area (Å²) in [5, 5.41) is 2.58. The van der Waals surface area contributed by atoms with Gasteiger partial charge in [0.05, 0.1) is 0 Å². The van der Waals surface area contributed by atoms with Gasteiger partial charge in [0.15, 0.2) is 0 Å². The van der Waals surface area contributed by atoms with E-state index in [2.05, 4.69) is 136 Å². The molecule has 1 unspecified atom stereocenters. The van der Waals surface area contributed by atoms with E-state index in [4.69, 9.17) is 0 Å². The van der Waals surface area contributed by atoms with Crippen LogP contribution < -0.4 is 10.4 Å². The van der Waals surface area contributed by atoms with Gasteiger partial charge in [-0.3, -0.25) is 0 Å². The molecule has 0 saturated carbocycles. The van der Waals surface area contributed by atoms with Crippen LogP contribution in [0.25, 0.3) is 11.6 Å². The third-order valence-corrected chi connectivity index (χ3v) is 8.80. The summed E-state index contributed by atoms with van der Waals surface area (Å²) < 4.78 is 1.42. The van der Waals surface area contributed by atoms with E-state index in [0.717, 1.165) is 12.8 Å². The van der Waals surface area contributed by atoms with Gasteiger partial charge >= 0.3 is 99.2 Å². The molecule has 0 nitrogen and oxygen atoms in total. The molecule has 3 aromatic rings. The predicted octanol–water partition coefficient (Wildman–Crippen LogP) is 6.79. The fraction of sp³-hybridized carbons (Fsp3) is 0.171. The summed E-state index contributed by atoms with van der Waals surface area (Å²) in [7, 11) is 0. The van der Waals surface area contributed by atoms with Crippen molar-refractivity contribution in [1.82, 2.24) is 0 Å². The van der Waals surface area contributed by atoms with Crippen molar-refractivity contribution in [1.29, 1.82) is 0 Å². The maximum atomic E-state index is 3.72. The Morgan fingerprint density at radius 1 is 0.944 bits per heavy atom. The Labute approximate surface area is 230 Å². The number of rotatable bonds is 4. The SMILES string of the molecule is CCC1(C)C=CC2=c3ccc(C)cc3=[C-]C2=C1C1=CC=CC1.[Zr]=[C](c1ccccc1)c1ccccc1. The molecule has 0 saturated heterocycles. The molecule has 0 amide bonds. The van der Waals surface area contributed by atoms with Crippen LogP contribution in [0.2, 0.25) is 0 Å². The zero-order chi connectivity index (χ0) is 25.1. The molecule has 3 aliphatic carbocycles. The first-order chi connectivity index (χ1) is 17.5. The molecule has 1 atom stereocenters. The van der Waals surface area contributed by atoms with E-state index in [0.29, 0.717) is 0 Å². The van der Waals surface area contributed by atoms with Crippen molar-refractivity contribution in [2.75, 3.05) is 0 Å². The Morgan fingerprint density at radius 3 is 2.19 bits per heavy atom. The molecule has 0 aliphatic heterocycles. The quantitative estimate of drug-likeness (QED) is 0.319. The van der Waals surface area contributed by atoms with Crippen LogP contribution in [0, 0.1) is 12.3 Å². The van der Waals surface area contributed by atoms with Crippen molar-refractivity contribution < 1.29 is 24.2 Å². The standard InChI is InChI=1S/C22H21.C13H10.Zr/c1-4-22(3)12-11-19-18-10-9-15(2)13-17(18)14-20(19)21(22)16-7-5-6-8-16;1-3-7-12(8-4-1)11-13-9-5-2-6-10-13;/h5-7,9-13H,4,8H2,1-3H3;1-10H;/q-1;;. The molecular weight excluding hydrogens is 512 g/mol. The van der Waals surface area contributed by atoms with E-state index in [1.165, 1.54) is 76.9 Å². The summed E-state index contributed by atoms with van der Waals surface area (Å²) in [5.41, 5.74) is 9.68. The van der Waals surface area contributed by atoms with Gasteiger partial charge in [0.25, 0.3) is 0 Å². The van der Waals surface area contributed by atoms with Gasteiger partial charge in [-0.15, -0.1) is 33.7 Å². The zero-order valence-corrected chi connectivity index (χ0v) is 23.8. The van der Waals surface area contributed by atoms with Gasteiger partial charge in [-0.1, -0.05) is 73.1 Å². The average molecular weight is 543 g/mol. The van der Waals surface area contributed by atoms with Crippen LogP contribution in [0.15, 0.2) is 126 Å². The van der Waals surface area contributed by atoms with E-state index >= 15 is 0 Å². The molecule has 0 radical (unpaired) electrons. The van der Waals surface area contributed by atoms with Crippen molar-refractivity contribution in [3.63, 3.8) is 0 Å². The Balaban J connectivity index is 0.000000165. The van der Waals surface area contributed by atoms with Gasteiger partial charge in [0.1, 0.15) is 0 Å². The van der Waals surface area contributed by atoms with Gasteiger partial charge in [-0.2, -0.15) is 0 Å². The number of fused-ring (bicyclic) bond motifs is 2. The Morgan fingerprint density at radius 2 is 1.61 bits per heavy atom. The fourth-order valence-corrected chi connectivity index (χ4v) is 5.99. The first-order valence-electron chi connectivity index (χ1n) is 12.7. The molecule has 0 heterocycles. The molecule has 36 heavy (non-hydrogen) atoms. The maximum absolute atomic E-state index is 3.72. The molecule has 0 N–H and O–H groups in total. The Kier molecular flexibility index (Phi) is 7.31. The average Bonchev–Trinajstić information content (AvgIpc) is 3.57. The molecule has 6 rings (SSSR count). The minimum atomic E-state index is 0.112. The molecule has 3 aliphatic rings. The summed E-state index contributed by atoms with van der Waals surface area (Å²) in [5.74, 6) is 0. The van der Waals surface area contributed by atoms with Crippen LogP contribution in [0.4, 0.5) is 0 Å². The third-order valence-electron chi connectivity index (χ3n) is 7.38. The number of hydrogen-bond donors (Lipinski definition) is 0. The van der Waals surface area contributed by atoms with Crippen LogP contribution in [0.3, 0.4) is 0 Å². The monoisotopic (exact) mass is 541 g/mol. The Bertz CT molecular complexity index is 1500. The van der Waals surface area contributed by atoms with Crippen molar-refractivity contribution in [3.05, 3.63) is 153 Å². The van der Waals surface area contributed by atoms with E-state index < -0.39 is 0 Å². The minimum absolute atomic E-state index is 0.112. The molecule has 176 valence electrons. The van der Waals surface area contributed by atoms with Gasteiger partial charge in [0, 0.05) is 0 Å². The third kappa shape index (κ3) is 4.87. The van der Waals surface area contributed by atoms with Crippen molar-refractivity contribution in [2.45, 2.75) is 33.6 Å². The molecule has 0 fully saturated rings. The second kappa shape index (κ2) is 10.6. The van der Waals surface area contributed by atoms with E-state index in [1.807, 2.05) is 0 Å². The van der Waals surface area contributed by atoms with Crippen molar-refractivity contribution in [3.8, 4) is 0 Å². The van der Waals surface area contributed by atoms with Crippen molar-refractivity contribution >= 4 is 14.9 Å². The second-order valence-electron chi connectivity index (χ2n) is 9.87. The van der Waals surface area contributed by atoms with Gasteiger partial charge in [-0.25, -0.2) is 0 Å². The van der Waals surface area contributed by atoms with Gasteiger partial charge in [0.2, 0.25) is 0 Å². The van der Waals surface area contributed by atoms with E-state index in [1.54, 1.807) is 0 Å². The number of aryl methyl sites for hydroxylation is 1. The second-order valence-corrected chi connectivity index (χ2v) is 11.1. The van der Waals surface area contributed by atoms with E-state index in [9.17, 15) is 0 Å². The molecule has 0 spiro atoms. The van der Waals surface area contributed by atoms with Gasteiger partial charge in [-0.05, 0) is 25.2 Å². The normalized spacial score (nSPS) is 19.2. The van der Waals surface area contributed by atoms with Gasteiger partial charge < -0.3 is 0 Å².